The van der Waals surface area contributed by atoms with E-state index in [1.807, 2.05) is 24.3 Å². The van der Waals surface area contributed by atoms with Crippen LogP contribution in [0.15, 0.2) is 48.5 Å². The van der Waals surface area contributed by atoms with E-state index in [0.717, 1.165) is 10.9 Å². The minimum absolute atomic E-state index is 0.0268. The average molecular weight is 392 g/mol. The summed E-state index contributed by atoms with van der Waals surface area (Å²) in [4.78, 5) is 35.8. The van der Waals surface area contributed by atoms with Crippen molar-refractivity contribution in [1.82, 2.24) is 19.8 Å². The van der Waals surface area contributed by atoms with Crippen molar-refractivity contribution >= 4 is 28.3 Å². The van der Waals surface area contributed by atoms with Crippen LogP contribution in [0.25, 0.3) is 10.9 Å². The number of nitrogen functional groups attached to an aromatic ring is 1. The number of nitrogens with two attached hydrogens (primary N) is 1. The van der Waals surface area contributed by atoms with Gasteiger partial charge < -0.3 is 10.6 Å². The first kappa shape index (κ1) is 18.8. The number of nitro groups is 1. The van der Waals surface area contributed by atoms with Crippen LogP contribution in [-0.2, 0) is 6.54 Å². The van der Waals surface area contributed by atoms with Gasteiger partial charge in [0.05, 0.1) is 17.0 Å². The smallest absolute Gasteiger partial charge is 0.269 e. The number of carbonyl (C=O) groups is 1. The minimum Gasteiger partial charge on any atom is -0.383 e. The maximum Gasteiger partial charge on any atom is 0.269 e. The van der Waals surface area contributed by atoms with Gasteiger partial charge in [0.2, 0.25) is 0 Å². The van der Waals surface area contributed by atoms with Crippen molar-refractivity contribution in [1.29, 1.82) is 0 Å². The summed E-state index contributed by atoms with van der Waals surface area (Å²) >= 11 is 0. The maximum atomic E-state index is 12.6. The lowest BCUT2D eigenvalue weighted by molar-refractivity contribution is -0.384. The van der Waals surface area contributed by atoms with E-state index in [4.69, 9.17) is 5.73 Å². The van der Waals surface area contributed by atoms with E-state index in [1.54, 1.807) is 4.90 Å². The Morgan fingerprint density at radius 1 is 1.03 bits per heavy atom. The van der Waals surface area contributed by atoms with Gasteiger partial charge >= 0.3 is 0 Å². The Balaban J connectivity index is 1.38. The zero-order valence-corrected chi connectivity index (χ0v) is 15.7. The summed E-state index contributed by atoms with van der Waals surface area (Å²) in [6.07, 6.45) is 0. The molecule has 3 aromatic rings. The number of non-ortho nitro benzene ring substituents is 1. The first-order valence-corrected chi connectivity index (χ1v) is 9.28. The fourth-order valence-corrected chi connectivity index (χ4v) is 3.44. The molecule has 1 aromatic heterocycles. The summed E-state index contributed by atoms with van der Waals surface area (Å²) in [6, 6.07) is 13.3. The summed E-state index contributed by atoms with van der Waals surface area (Å²) in [5.74, 6) is 1.01. The molecule has 0 saturated carbocycles. The summed E-state index contributed by atoms with van der Waals surface area (Å²) in [5.41, 5.74) is 7.30. The second-order valence-corrected chi connectivity index (χ2v) is 6.91. The number of carbonyl (C=O) groups excluding carboxylic acids is 1. The number of anilines is 1. The van der Waals surface area contributed by atoms with Crippen molar-refractivity contribution in [3.05, 3.63) is 70.0 Å². The van der Waals surface area contributed by atoms with Crippen LogP contribution in [0, 0.1) is 10.1 Å². The van der Waals surface area contributed by atoms with Crippen LogP contribution in [0.3, 0.4) is 0 Å². The highest BCUT2D eigenvalue weighted by molar-refractivity contribution is 5.94. The third-order valence-electron chi connectivity index (χ3n) is 5.03. The molecule has 1 fully saturated rings. The Bertz CT molecular complexity index is 1060. The lowest BCUT2D eigenvalue weighted by atomic mass is 10.1. The van der Waals surface area contributed by atoms with Crippen LogP contribution in [0.4, 0.5) is 11.5 Å². The highest BCUT2D eigenvalue weighted by Gasteiger charge is 2.23. The number of rotatable bonds is 4. The second kappa shape index (κ2) is 7.80. The molecule has 9 heteroatoms. The Morgan fingerprint density at radius 3 is 2.41 bits per heavy atom. The van der Waals surface area contributed by atoms with Gasteiger partial charge in [0.15, 0.2) is 0 Å². The molecule has 1 amide bonds. The van der Waals surface area contributed by atoms with Gasteiger partial charge in [-0.25, -0.2) is 9.97 Å². The van der Waals surface area contributed by atoms with Crippen LogP contribution in [0.1, 0.15) is 16.2 Å². The van der Waals surface area contributed by atoms with E-state index in [0.29, 0.717) is 49.9 Å². The van der Waals surface area contributed by atoms with Crippen molar-refractivity contribution in [3.63, 3.8) is 0 Å². The van der Waals surface area contributed by atoms with E-state index in [9.17, 15) is 14.9 Å². The van der Waals surface area contributed by atoms with Crippen LogP contribution in [-0.4, -0.2) is 56.8 Å². The lowest BCUT2D eigenvalue weighted by Gasteiger charge is -2.34. The van der Waals surface area contributed by atoms with Gasteiger partial charge in [-0.15, -0.1) is 0 Å². The third kappa shape index (κ3) is 3.99. The molecule has 0 unspecified atom stereocenters. The number of hydrogen-bond acceptors (Lipinski definition) is 7. The molecule has 2 aromatic carbocycles. The molecule has 9 nitrogen and oxygen atoms in total. The molecular formula is C20H20N6O3. The molecule has 0 atom stereocenters. The molecule has 148 valence electrons. The molecule has 1 aliphatic heterocycles. The van der Waals surface area contributed by atoms with Gasteiger partial charge in [0, 0.05) is 49.3 Å². The molecular weight excluding hydrogens is 372 g/mol. The lowest BCUT2D eigenvalue weighted by Crippen LogP contribution is -2.48. The molecule has 29 heavy (non-hydrogen) atoms. The van der Waals surface area contributed by atoms with Crippen molar-refractivity contribution in [2.24, 2.45) is 0 Å². The fraction of sp³-hybridized carbons (Fsp3) is 0.250. The number of nitro benzene ring substituents is 1. The number of hydrogen-bond donors (Lipinski definition) is 1. The summed E-state index contributed by atoms with van der Waals surface area (Å²) < 4.78 is 0. The van der Waals surface area contributed by atoms with E-state index < -0.39 is 4.92 Å². The molecule has 2 N–H and O–H groups in total. The first-order chi connectivity index (χ1) is 14.0. The number of para-hydroxylation sites is 1. The number of amides is 1. The first-order valence-electron chi connectivity index (χ1n) is 9.28. The van der Waals surface area contributed by atoms with Gasteiger partial charge in [0.1, 0.15) is 11.6 Å². The SMILES string of the molecule is Nc1nc(CN2CCN(C(=O)c3ccc([N+](=O)[O-])cc3)CC2)nc2ccccc12. The predicted octanol–water partition coefficient (Wildman–Crippen LogP) is 2.08. The minimum atomic E-state index is -0.478. The highest BCUT2D eigenvalue weighted by Crippen LogP contribution is 2.19. The molecule has 0 radical (unpaired) electrons. The van der Waals surface area contributed by atoms with Crippen LogP contribution in [0.2, 0.25) is 0 Å². The molecule has 0 spiro atoms. The van der Waals surface area contributed by atoms with Crippen molar-refractivity contribution < 1.29 is 9.72 Å². The summed E-state index contributed by atoms with van der Waals surface area (Å²) in [6.45, 7) is 3.08. The highest BCUT2D eigenvalue weighted by atomic mass is 16.6. The summed E-state index contributed by atoms with van der Waals surface area (Å²) in [7, 11) is 0. The fourth-order valence-electron chi connectivity index (χ4n) is 3.44. The van der Waals surface area contributed by atoms with Gasteiger partial charge in [0.25, 0.3) is 11.6 Å². The Kier molecular flexibility index (Phi) is 5.05. The molecule has 0 bridgehead atoms. The number of piperazine rings is 1. The normalized spacial score (nSPS) is 14.8. The molecule has 1 saturated heterocycles. The van der Waals surface area contributed by atoms with Crippen molar-refractivity contribution in [3.8, 4) is 0 Å². The van der Waals surface area contributed by atoms with E-state index in [2.05, 4.69) is 14.9 Å². The molecule has 0 aliphatic carbocycles. The Hall–Kier alpha value is -3.59. The summed E-state index contributed by atoms with van der Waals surface area (Å²) in [5, 5.41) is 11.6. The van der Waals surface area contributed by atoms with E-state index in [-0.39, 0.29) is 11.6 Å². The maximum absolute atomic E-state index is 12.6. The van der Waals surface area contributed by atoms with Crippen LogP contribution in [0.5, 0.6) is 0 Å². The molecule has 2 heterocycles. The largest absolute Gasteiger partial charge is 0.383 e. The number of aromatic nitrogens is 2. The predicted molar refractivity (Wildman–Crippen MR) is 108 cm³/mol. The quantitative estimate of drug-likeness (QED) is 0.533. The van der Waals surface area contributed by atoms with Crippen LogP contribution >= 0.6 is 0 Å². The zero-order chi connectivity index (χ0) is 20.4. The number of fused-ring (bicyclic) bond motifs is 1. The van der Waals surface area contributed by atoms with E-state index in [1.165, 1.54) is 24.3 Å². The number of nitrogens with zero attached hydrogens (tertiary/aromatic N) is 5. The molecule has 4 rings (SSSR count). The van der Waals surface area contributed by atoms with Gasteiger partial charge in [-0.2, -0.15) is 0 Å². The van der Waals surface area contributed by atoms with E-state index >= 15 is 0 Å². The number of benzene rings is 2. The van der Waals surface area contributed by atoms with Gasteiger partial charge in [-0.3, -0.25) is 19.8 Å². The van der Waals surface area contributed by atoms with Gasteiger partial charge in [-0.05, 0) is 24.3 Å². The standard InChI is InChI=1S/C20H20N6O3/c21-19-16-3-1-2-4-17(16)22-18(23-19)13-24-9-11-25(12-10-24)20(27)14-5-7-15(8-6-14)26(28)29/h1-8H,9-13H2,(H2,21,22,23). The monoisotopic (exact) mass is 392 g/mol. The van der Waals surface area contributed by atoms with Crippen molar-refractivity contribution in [2.45, 2.75) is 6.54 Å². The zero-order valence-electron chi connectivity index (χ0n) is 15.7. The second-order valence-electron chi connectivity index (χ2n) is 6.91. The Labute approximate surface area is 166 Å². The topological polar surface area (TPSA) is 118 Å². The van der Waals surface area contributed by atoms with Crippen molar-refractivity contribution in [2.75, 3.05) is 31.9 Å². The van der Waals surface area contributed by atoms with Gasteiger partial charge in [-0.1, -0.05) is 12.1 Å². The third-order valence-corrected chi connectivity index (χ3v) is 5.03. The Morgan fingerprint density at radius 2 is 1.72 bits per heavy atom. The average Bonchev–Trinajstić information content (AvgIpc) is 2.74. The molecule has 1 aliphatic rings. The van der Waals surface area contributed by atoms with Crippen LogP contribution < -0.4 is 5.73 Å².